The van der Waals surface area contributed by atoms with Gasteiger partial charge in [0.1, 0.15) is 0 Å². The third-order valence-electron chi connectivity index (χ3n) is 1.70. The summed E-state index contributed by atoms with van der Waals surface area (Å²) in [4.78, 5) is 0. The molecule has 1 saturated heterocycles. The SMILES string of the molecule is C=CCOC1CCCNC1. The summed E-state index contributed by atoms with van der Waals surface area (Å²) in [5.74, 6) is 0. The molecule has 1 aliphatic heterocycles. The zero-order valence-corrected chi connectivity index (χ0v) is 6.31. The van der Waals surface area contributed by atoms with Gasteiger partial charge in [-0.25, -0.2) is 0 Å². The van der Waals surface area contributed by atoms with Crippen LogP contribution in [0, 0.1) is 0 Å². The van der Waals surface area contributed by atoms with Crippen LogP contribution < -0.4 is 5.32 Å². The standard InChI is InChI=1S/C8H15NO/c1-2-6-10-8-4-3-5-9-7-8/h2,8-9H,1,3-7H2. The van der Waals surface area contributed by atoms with Crippen LogP contribution in [0.4, 0.5) is 0 Å². The first-order valence-electron chi connectivity index (χ1n) is 3.86. The van der Waals surface area contributed by atoms with Crippen molar-refractivity contribution in [3.8, 4) is 0 Å². The van der Waals surface area contributed by atoms with E-state index in [9.17, 15) is 0 Å². The van der Waals surface area contributed by atoms with Gasteiger partial charge >= 0.3 is 0 Å². The van der Waals surface area contributed by atoms with E-state index in [1.807, 2.05) is 0 Å². The first-order chi connectivity index (χ1) is 4.93. The van der Waals surface area contributed by atoms with Gasteiger partial charge in [0.05, 0.1) is 12.7 Å². The van der Waals surface area contributed by atoms with Gasteiger partial charge in [0.25, 0.3) is 0 Å². The molecule has 1 unspecified atom stereocenters. The maximum atomic E-state index is 5.45. The molecule has 1 aliphatic rings. The molecule has 0 saturated carbocycles. The van der Waals surface area contributed by atoms with E-state index < -0.39 is 0 Å². The summed E-state index contributed by atoms with van der Waals surface area (Å²) in [5.41, 5.74) is 0. The van der Waals surface area contributed by atoms with Crippen LogP contribution in [-0.4, -0.2) is 25.8 Å². The van der Waals surface area contributed by atoms with Crippen LogP contribution in [0.15, 0.2) is 12.7 Å². The van der Waals surface area contributed by atoms with Gasteiger partial charge in [-0.1, -0.05) is 6.08 Å². The predicted octanol–water partition coefficient (Wildman–Crippen LogP) is 0.941. The highest BCUT2D eigenvalue weighted by atomic mass is 16.5. The van der Waals surface area contributed by atoms with Crippen LogP contribution in [-0.2, 0) is 4.74 Å². The third kappa shape index (κ3) is 2.50. The highest BCUT2D eigenvalue weighted by molar-refractivity contribution is 4.71. The van der Waals surface area contributed by atoms with Gasteiger partial charge in [-0.2, -0.15) is 0 Å². The van der Waals surface area contributed by atoms with Crippen LogP contribution in [0.25, 0.3) is 0 Å². The summed E-state index contributed by atoms with van der Waals surface area (Å²) in [6, 6.07) is 0. The minimum Gasteiger partial charge on any atom is -0.373 e. The Kier molecular flexibility index (Phi) is 3.47. The molecule has 2 heteroatoms. The van der Waals surface area contributed by atoms with Crippen molar-refractivity contribution in [2.24, 2.45) is 0 Å². The van der Waals surface area contributed by atoms with E-state index >= 15 is 0 Å². The highest BCUT2D eigenvalue weighted by Gasteiger charge is 2.11. The quantitative estimate of drug-likeness (QED) is 0.591. The summed E-state index contributed by atoms with van der Waals surface area (Å²) in [6.07, 6.45) is 4.66. The van der Waals surface area contributed by atoms with Crippen LogP contribution >= 0.6 is 0 Å². The number of hydrogen-bond acceptors (Lipinski definition) is 2. The molecule has 2 nitrogen and oxygen atoms in total. The number of nitrogens with one attached hydrogen (secondary N) is 1. The van der Waals surface area contributed by atoms with Gasteiger partial charge in [-0.05, 0) is 19.4 Å². The van der Waals surface area contributed by atoms with Crippen LogP contribution in [0.2, 0.25) is 0 Å². The Morgan fingerprint density at radius 3 is 3.20 bits per heavy atom. The molecule has 10 heavy (non-hydrogen) atoms. The molecule has 0 aromatic carbocycles. The molecular formula is C8H15NO. The van der Waals surface area contributed by atoms with E-state index in [1.54, 1.807) is 6.08 Å². The molecular weight excluding hydrogens is 126 g/mol. The molecule has 1 rings (SSSR count). The average molecular weight is 141 g/mol. The lowest BCUT2D eigenvalue weighted by atomic mass is 10.1. The van der Waals surface area contributed by atoms with Crippen molar-refractivity contribution in [1.82, 2.24) is 5.32 Å². The summed E-state index contributed by atoms with van der Waals surface area (Å²) in [5, 5.41) is 3.28. The van der Waals surface area contributed by atoms with Crippen molar-refractivity contribution in [3.05, 3.63) is 12.7 Å². The van der Waals surface area contributed by atoms with Gasteiger partial charge in [0.2, 0.25) is 0 Å². The van der Waals surface area contributed by atoms with Gasteiger partial charge in [-0.15, -0.1) is 6.58 Å². The lowest BCUT2D eigenvalue weighted by molar-refractivity contribution is 0.0559. The van der Waals surface area contributed by atoms with Gasteiger partial charge in [-0.3, -0.25) is 0 Å². The number of rotatable bonds is 3. The minimum atomic E-state index is 0.423. The van der Waals surface area contributed by atoms with Crippen molar-refractivity contribution in [3.63, 3.8) is 0 Å². The Morgan fingerprint density at radius 2 is 2.60 bits per heavy atom. The Bertz CT molecular complexity index is 97.4. The molecule has 0 spiro atoms. The van der Waals surface area contributed by atoms with E-state index in [2.05, 4.69) is 11.9 Å². The van der Waals surface area contributed by atoms with Gasteiger partial charge < -0.3 is 10.1 Å². The Morgan fingerprint density at radius 1 is 1.70 bits per heavy atom. The van der Waals surface area contributed by atoms with Crippen LogP contribution in [0.3, 0.4) is 0 Å². The second-order valence-electron chi connectivity index (χ2n) is 2.59. The van der Waals surface area contributed by atoms with Crippen molar-refractivity contribution in [1.29, 1.82) is 0 Å². The molecule has 1 heterocycles. The van der Waals surface area contributed by atoms with Crippen molar-refractivity contribution in [2.45, 2.75) is 18.9 Å². The van der Waals surface area contributed by atoms with Gasteiger partial charge in [0, 0.05) is 6.54 Å². The Labute approximate surface area is 62.3 Å². The van der Waals surface area contributed by atoms with E-state index in [0.29, 0.717) is 12.7 Å². The van der Waals surface area contributed by atoms with Gasteiger partial charge in [0.15, 0.2) is 0 Å². The molecule has 1 atom stereocenters. The van der Waals surface area contributed by atoms with Crippen molar-refractivity contribution >= 4 is 0 Å². The number of piperidine rings is 1. The molecule has 1 fully saturated rings. The largest absolute Gasteiger partial charge is 0.373 e. The zero-order chi connectivity index (χ0) is 7.23. The second-order valence-corrected chi connectivity index (χ2v) is 2.59. The lowest BCUT2D eigenvalue weighted by Crippen LogP contribution is -2.35. The molecule has 0 bridgehead atoms. The molecule has 0 aliphatic carbocycles. The lowest BCUT2D eigenvalue weighted by Gasteiger charge is -2.22. The van der Waals surface area contributed by atoms with E-state index in [4.69, 9.17) is 4.74 Å². The number of hydrogen-bond donors (Lipinski definition) is 1. The summed E-state index contributed by atoms with van der Waals surface area (Å²) in [7, 11) is 0. The second kappa shape index (κ2) is 4.47. The first kappa shape index (κ1) is 7.76. The number of ether oxygens (including phenoxy) is 1. The average Bonchev–Trinajstić information content (AvgIpc) is 2.03. The summed E-state index contributed by atoms with van der Waals surface area (Å²) < 4.78 is 5.45. The molecule has 58 valence electrons. The fourth-order valence-electron chi connectivity index (χ4n) is 1.17. The Hall–Kier alpha value is -0.340. The highest BCUT2D eigenvalue weighted by Crippen LogP contribution is 2.04. The van der Waals surface area contributed by atoms with E-state index in [1.165, 1.54) is 12.8 Å². The first-order valence-corrected chi connectivity index (χ1v) is 3.86. The molecule has 0 aromatic rings. The maximum absolute atomic E-state index is 5.45. The summed E-state index contributed by atoms with van der Waals surface area (Å²) in [6.45, 7) is 6.44. The van der Waals surface area contributed by atoms with Crippen LogP contribution in [0.1, 0.15) is 12.8 Å². The molecule has 0 radical (unpaired) electrons. The summed E-state index contributed by atoms with van der Waals surface area (Å²) >= 11 is 0. The molecule has 0 amide bonds. The Balaban J connectivity index is 2.07. The zero-order valence-electron chi connectivity index (χ0n) is 6.31. The monoisotopic (exact) mass is 141 g/mol. The fraction of sp³-hybridized carbons (Fsp3) is 0.750. The maximum Gasteiger partial charge on any atom is 0.0704 e. The van der Waals surface area contributed by atoms with E-state index in [-0.39, 0.29) is 0 Å². The molecule has 1 N–H and O–H groups in total. The molecule has 0 aromatic heterocycles. The van der Waals surface area contributed by atoms with Crippen molar-refractivity contribution in [2.75, 3.05) is 19.7 Å². The van der Waals surface area contributed by atoms with Crippen LogP contribution in [0.5, 0.6) is 0 Å². The normalized spacial score (nSPS) is 26.2. The van der Waals surface area contributed by atoms with E-state index in [0.717, 1.165) is 13.1 Å². The van der Waals surface area contributed by atoms with Crippen molar-refractivity contribution < 1.29 is 4.74 Å². The predicted molar refractivity (Wildman–Crippen MR) is 42.0 cm³/mol. The fourth-order valence-corrected chi connectivity index (χ4v) is 1.17. The third-order valence-corrected chi connectivity index (χ3v) is 1.70. The smallest absolute Gasteiger partial charge is 0.0704 e. The topological polar surface area (TPSA) is 21.3 Å². The minimum absolute atomic E-state index is 0.423.